The largest absolute Gasteiger partial charge is 0.496 e. The van der Waals surface area contributed by atoms with Gasteiger partial charge < -0.3 is 18.9 Å². The van der Waals surface area contributed by atoms with Crippen LogP contribution in [0.5, 0.6) is 11.5 Å². The highest BCUT2D eigenvalue weighted by molar-refractivity contribution is 7.07. The summed E-state index contributed by atoms with van der Waals surface area (Å²) in [6.07, 6.45) is 1.81. The summed E-state index contributed by atoms with van der Waals surface area (Å²) in [5, 5.41) is 0.677. The van der Waals surface area contributed by atoms with E-state index < -0.39 is 12.0 Å². The van der Waals surface area contributed by atoms with Gasteiger partial charge in [-0.05, 0) is 54.5 Å². The van der Waals surface area contributed by atoms with Crippen LogP contribution in [0.2, 0.25) is 5.02 Å². The molecule has 1 unspecified atom stereocenters. The van der Waals surface area contributed by atoms with Crippen LogP contribution >= 0.6 is 22.9 Å². The molecule has 0 spiro atoms. The number of hydrogen-bond acceptors (Lipinski definition) is 8. The van der Waals surface area contributed by atoms with Crippen molar-refractivity contribution in [2.24, 2.45) is 4.99 Å². The summed E-state index contributed by atoms with van der Waals surface area (Å²) in [5.41, 5.74) is 2.96. The maximum absolute atomic E-state index is 13.9. The van der Waals surface area contributed by atoms with Crippen LogP contribution in [0.3, 0.4) is 0 Å². The zero-order valence-electron chi connectivity index (χ0n) is 23.3. The number of ether oxygens (including phenoxy) is 4. The van der Waals surface area contributed by atoms with E-state index in [1.807, 2.05) is 72.8 Å². The van der Waals surface area contributed by atoms with Gasteiger partial charge in [0.1, 0.15) is 30.8 Å². The molecule has 1 aliphatic rings. The highest BCUT2D eigenvalue weighted by Crippen LogP contribution is 2.35. The van der Waals surface area contributed by atoms with Crippen LogP contribution in [0.15, 0.2) is 93.9 Å². The molecule has 42 heavy (non-hydrogen) atoms. The van der Waals surface area contributed by atoms with Gasteiger partial charge in [-0.15, -0.1) is 0 Å². The highest BCUT2D eigenvalue weighted by atomic mass is 35.5. The molecule has 2 heterocycles. The molecule has 10 heteroatoms. The number of carbonyl (C=O) groups excluding carboxylic acids is 1. The van der Waals surface area contributed by atoms with Crippen LogP contribution in [0.25, 0.3) is 6.08 Å². The van der Waals surface area contributed by atoms with Gasteiger partial charge in [-0.1, -0.05) is 65.4 Å². The molecule has 8 nitrogen and oxygen atoms in total. The van der Waals surface area contributed by atoms with Crippen molar-refractivity contribution in [2.45, 2.75) is 19.6 Å². The first-order valence-electron chi connectivity index (χ1n) is 13.2. The molecule has 1 atom stereocenters. The molecule has 1 aromatic heterocycles. The van der Waals surface area contributed by atoms with E-state index in [9.17, 15) is 9.59 Å². The second-order valence-corrected chi connectivity index (χ2v) is 10.9. The average molecular weight is 605 g/mol. The lowest BCUT2D eigenvalue weighted by Gasteiger charge is -2.26. The van der Waals surface area contributed by atoms with Crippen molar-refractivity contribution >= 4 is 35.0 Å². The number of esters is 1. The molecule has 0 amide bonds. The number of benzene rings is 3. The standard InChI is InChI=1S/C32H29ClN2O6S/c1-20-28(31(37)40-17-16-38-2)29(25-6-4-5-7-26(25)39-3)35-30(36)27(42-32(35)34-20)18-21-10-14-24(15-11-21)41-19-22-8-12-23(33)13-9-22/h4-15,18,29H,16-17,19H2,1-3H3. The number of rotatable bonds is 10. The van der Waals surface area contributed by atoms with Gasteiger partial charge in [0.15, 0.2) is 4.80 Å². The van der Waals surface area contributed by atoms with Crippen molar-refractivity contribution in [1.82, 2.24) is 4.57 Å². The van der Waals surface area contributed by atoms with Gasteiger partial charge in [-0.3, -0.25) is 9.36 Å². The molecule has 0 radical (unpaired) electrons. The van der Waals surface area contributed by atoms with E-state index in [2.05, 4.69) is 4.99 Å². The Balaban J connectivity index is 1.49. The topological polar surface area (TPSA) is 88.4 Å². The lowest BCUT2D eigenvalue weighted by molar-refractivity contribution is -0.140. The van der Waals surface area contributed by atoms with Gasteiger partial charge in [0.2, 0.25) is 0 Å². The van der Waals surface area contributed by atoms with Crippen LogP contribution in [-0.4, -0.2) is 38.0 Å². The molecule has 216 valence electrons. The highest BCUT2D eigenvalue weighted by Gasteiger charge is 2.35. The van der Waals surface area contributed by atoms with Crippen LogP contribution in [-0.2, 0) is 20.9 Å². The second-order valence-electron chi connectivity index (χ2n) is 9.44. The van der Waals surface area contributed by atoms with Crippen molar-refractivity contribution in [3.8, 4) is 11.5 Å². The third kappa shape index (κ3) is 6.33. The molecule has 5 rings (SSSR count). The lowest BCUT2D eigenvalue weighted by Crippen LogP contribution is -2.40. The number of nitrogens with zero attached hydrogens (tertiary/aromatic N) is 2. The van der Waals surface area contributed by atoms with E-state index in [4.69, 9.17) is 30.5 Å². The quantitative estimate of drug-likeness (QED) is 0.193. The van der Waals surface area contributed by atoms with Crippen LogP contribution < -0.4 is 24.4 Å². The number of methoxy groups -OCH3 is 2. The average Bonchev–Trinajstić information content (AvgIpc) is 3.30. The van der Waals surface area contributed by atoms with Crippen molar-refractivity contribution < 1.29 is 23.7 Å². The fourth-order valence-electron chi connectivity index (χ4n) is 4.62. The summed E-state index contributed by atoms with van der Waals surface area (Å²) >= 11 is 7.22. The predicted molar refractivity (Wildman–Crippen MR) is 162 cm³/mol. The molecule has 0 N–H and O–H groups in total. The first-order chi connectivity index (χ1) is 20.4. The Hall–Kier alpha value is -4.18. The number of thiazole rings is 1. The minimum absolute atomic E-state index is 0.0780. The number of fused-ring (bicyclic) bond motifs is 1. The normalized spacial score (nSPS) is 14.8. The SMILES string of the molecule is COCCOC(=O)C1=C(C)N=c2sc(=Cc3ccc(OCc4ccc(Cl)cc4)cc3)c(=O)n2C1c1ccccc1OC. The zero-order valence-corrected chi connectivity index (χ0v) is 24.9. The third-order valence-corrected chi connectivity index (χ3v) is 7.93. The molecule has 0 bridgehead atoms. The summed E-state index contributed by atoms with van der Waals surface area (Å²) < 4.78 is 24.0. The Morgan fingerprint density at radius 1 is 1.02 bits per heavy atom. The first-order valence-corrected chi connectivity index (χ1v) is 14.4. The zero-order chi connectivity index (χ0) is 29.6. The van der Waals surface area contributed by atoms with Gasteiger partial charge in [-0.25, -0.2) is 9.79 Å². The molecule has 4 aromatic rings. The third-order valence-electron chi connectivity index (χ3n) is 6.69. The summed E-state index contributed by atoms with van der Waals surface area (Å²) in [4.78, 5) is 32.3. The Morgan fingerprint density at radius 3 is 2.48 bits per heavy atom. The smallest absolute Gasteiger partial charge is 0.338 e. The number of para-hydroxylation sites is 1. The molecular formula is C32H29ClN2O6S. The summed E-state index contributed by atoms with van der Waals surface area (Å²) in [6.45, 7) is 2.49. The fraction of sp³-hybridized carbons (Fsp3) is 0.219. The summed E-state index contributed by atoms with van der Waals surface area (Å²) in [6, 6.07) is 21.5. The number of aromatic nitrogens is 1. The lowest BCUT2D eigenvalue weighted by atomic mass is 9.95. The monoisotopic (exact) mass is 604 g/mol. The maximum Gasteiger partial charge on any atom is 0.338 e. The van der Waals surface area contributed by atoms with E-state index >= 15 is 0 Å². The number of allylic oxidation sites excluding steroid dienone is 1. The van der Waals surface area contributed by atoms with Crippen molar-refractivity contribution in [2.75, 3.05) is 27.4 Å². The van der Waals surface area contributed by atoms with Gasteiger partial charge in [0, 0.05) is 17.7 Å². The minimum Gasteiger partial charge on any atom is -0.496 e. The van der Waals surface area contributed by atoms with Crippen molar-refractivity contribution in [1.29, 1.82) is 0 Å². The predicted octanol–water partition coefficient (Wildman–Crippen LogP) is 4.67. The molecular weight excluding hydrogens is 576 g/mol. The van der Waals surface area contributed by atoms with E-state index in [-0.39, 0.29) is 24.3 Å². The van der Waals surface area contributed by atoms with Gasteiger partial charge in [0.05, 0.1) is 29.5 Å². The van der Waals surface area contributed by atoms with Gasteiger partial charge in [-0.2, -0.15) is 0 Å². The second kappa shape index (κ2) is 13.2. The fourth-order valence-corrected chi connectivity index (χ4v) is 5.80. The minimum atomic E-state index is -0.779. The van der Waals surface area contributed by atoms with E-state index in [1.165, 1.54) is 23.0 Å². The molecule has 0 saturated heterocycles. The molecule has 0 aliphatic carbocycles. The number of hydrogen-bond donors (Lipinski definition) is 0. The first kappa shape index (κ1) is 29.3. The Bertz CT molecular complexity index is 1790. The maximum atomic E-state index is 13.9. The van der Waals surface area contributed by atoms with E-state index in [0.717, 1.165) is 11.1 Å². The Kier molecular flexibility index (Phi) is 9.22. The molecule has 3 aromatic carbocycles. The van der Waals surface area contributed by atoms with Crippen LogP contribution in [0, 0.1) is 0 Å². The summed E-state index contributed by atoms with van der Waals surface area (Å²) in [7, 11) is 3.08. The van der Waals surface area contributed by atoms with E-state index in [1.54, 1.807) is 20.1 Å². The van der Waals surface area contributed by atoms with Crippen LogP contribution in [0.1, 0.15) is 29.7 Å². The molecule has 0 fully saturated rings. The molecule has 0 saturated carbocycles. The number of halogens is 1. The van der Waals surface area contributed by atoms with Crippen molar-refractivity contribution in [3.63, 3.8) is 0 Å². The van der Waals surface area contributed by atoms with Crippen molar-refractivity contribution in [3.05, 3.63) is 125 Å². The molecule has 1 aliphatic heterocycles. The Morgan fingerprint density at radius 2 is 1.76 bits per heavy atom. The Labute approximate surface area is 251 Å². The number of carbonyl (C=O) groups is 1. The van der Waals surface area contributed by atoms with E-state index in [0.29, 0.717) is 43.7 Å². The summed E-state index contributed by atoms with van der Waals surface area (Å²) in [5.74, 6) is 0.683. The van der Waals surface area contributed by atoms with Gasteiger partial charge in [0.25, 0.3) is 5.56 Å². The van der Waals surface area contributed by atoms with Gasteiger partial charge >= 0.3 is 5.97 Å². The van der Waals surface area contributed by atoms with Crippen LogP contribution in [0.4, 0.5) is 0 Å².